The van der Waals surface area contributed by atoms with Crippen molar-refractivity contribution in [1.82, 2.24) is 5.32 Å². The molecule has 28 heavy (non-hydrogen) atoms. The number of nitrogens with one attached hydrogen (secondary N) is 2. The highest BCUT2D eigenvalue weighted by Crippen LogP contribution is 2.17. The monoisotopic (exact) mass is 390 g/mol. The summed E-state index contributed by atoms with van der Waals surface area (Å²) in [5.74, 6) is 0.767. The average molecular weight is 391 g/mol. The highest BCUT2D eigenvalue weighted by molar-refractivity contribution is 7.99. The second-order valence-corrected chi connectivity index (χ2v) is 7.23. The third-order valence-corrected chi connectivity index (χ3v) is 5.09. The molecule has 0 fully saturated rings. The van der Waals surface area contributed by atoms with Crippen molar-refractivity contribution in [2.75, 3.05) is 11.1 Å². The maximum atomic E-state index is 12.6. The second kappa shape index (κ2) is 10.3. The fourth-order valence-corrected chi connectivity index (χ4v) is 3.47. The van der Waals surface area contributed by atoms with Crippen LogP contribution in [0.3, 0.4) is 0 Å². The summed E-state index contributed by atoms with van der Waals surface area (Å²) in [6, 6.07) is 26.8. The third-order valence-electron chi connectivity index (χ3n) is 4.09. The second-order valence-electron chi connectivity index (χ2n) is 6.24. The van der Waals surface area contributed by atoms with Crippen molar-refractivity contribution in [3.63, 3.8) is 0 Å². The topological polar surface area (TPSA) is 58.2 Å². The van der Waals surface area contributed by atoms with Crippen LogP contribution in [0.15, 0.2) is 84.9 Å². The number of hydrogen-bond acceptors (Lipinski definition) is 3. The summed E-state index contributed by atoms with van der Waals surface area (Å²) in [5.41, 5.74) is 3.19. The van der Waals surface area contributed by atoms with Crippen LogP contribution < -0.4 is 10.6 Å². The zero-order valence-corrected chi connectivity index (χ0v) is 16.2. The first kappa shape index (κ1) is 19.7. The van der Waals surface area contributed by atoms with Gasteiger partial charge in [0, 0.05) is 12.3 Å². The number of carbonyl (C=O) groups is 2. The van der Waals surface area contributed by atoms with Crippen molar-refractivity contribution in [3.05, 3.63) is 102 Å². The molecule has 4 nitrogen and oxygen atoms in total. The van der Waals surface area contributed by atoms with E-state index in [1.807, 2.05) is 60.7 Å². The number of carbonyl (C=O) groups excluding carboxylic acids is 2. The molecule has 0 spiro atoms. The van der Waals surface area contributed by atoms with Gasteiger partial charge in [0.05, 0.1) is 17.0 Å². The van der Waals surface area contributed by atoms with Crippen LogP contribution in [0.1, 0.15) is 21.5 Å². The average Bonchev–Trinajstić information content (AvgIpc) is 2.74. The molecule has 5 heteroatoms. The van der Waals surface area contributed by atoms with Crippen molar-refractivity contribution in [2.45, 2.75) is 12.3 Å². The lowest BCUT2D eigenvalue weighted by Crippen LogP contribution is -2.25. The molecule has 0 saturated heterocycles. The molecule has 0 aliphatic carbocycles. The molecule has 3 rings (SSSR count). The fraction of sp³-hybridized carbons (Fsp3) is 0.130. The Morgan fingerprint density at radius 3 is 2.07 bits per heavy atom. The van der Waals surface area contributed by atoms with E-state index in [4.69, 9.17) is 0 Å². The van der Waals surface area contributed by atoms with E-state index in [2.05, 4.69) is 10.6 Å². The van der Waals surface area contributed by atoms with Crippen molar-refractivity contribution in [1.29, 1.82) is 0 Å². The molecule has 0 aliphatic heterocycles. The minimum absolute atomic E-state index is 0.121. The smallest absolute Gasteiger partial charge is 0.253 e. The summed E-state index contributed by atoms with van der Waals surface area (Å²) >= 11 is 1.54. The molecule has 0 radical (unpaired) electrons. The van der Waals surface area contributed by atoms with E-state index < -0.39 is 0 Å². The predicted molar refractivity (Wildman–Crippen MR) is 115 cm³/mol. The van der Waals surface area contributed by atoms with Gasteiger partial charge in [0.1, 0.15) is 0 Å². The van der Waals surface area contributed by atoms with Crippen LogP contribution in [0.5, 0.6) is 0 Å². The molecule has 0 unspecified atom stereocenters. The van der Waals surface area contributed by atoms with E-state index in [1.54, 1.807) is 36.0 Å². The van der Waals surface area contributed by atoms with Gasteiger partial charge in [0.15, 0.2) is 0 Å². The third kappa shape index (κ3) is 5.99. The van der Waals surface area contributed by atoms with Crippen LogP contribution in [0, 0.1) is 0 Å². The number of hydrogen-bond donors (Lipinski definition) is 2. The number of rotatable bonds is 8. The number of anilines is 1. The van der Waals surface area contributed by atoms with Gasteiger partial charge < -0.3 is 10.6 Å². The molecular formula is C23H22N2O2S. The van der Waals surface area contributed by atoms with Gasteiger partial charge in [-0.3, -0.25) is 9.59 Å². The van der Waals surface area contributed by atoms with Crippen molar-refractivity contribution in [2.24, 2.45) is 0 Å². The fourth-order valence-electron chi connectivity index (χ4n) is 2.69. The molecule has 0 aliphatic rings. The molecule has 0 saturated carbocycles. The van der Waals surface area contributed by atoms with Crippen LogP contribution >= 0.6 is 11.8 Å². The molecule has 142 valence electrons. The minimum Gasteiger partial charge on any atom is -0.348 e. The summed E-state index contributed by atoms with van der Waals surface area (Å²) in [7, 11) is 0. The van der Waals surface area contributed by atoms with E-state index in [-0.39, 0.29) is 11.8 Å². The Labute approximate surface area is 169 Å². The van der Waals surface area contributed by atoms with Crippen molar-refractivity contribution >= 4 is 29.3 Å². The van der Waals surface area contributed by atoms with E-state index in [9.17, 15) is 9.59 Å². The maximum Gasteiger partial charge on any atom is 0.253 e. The molecule has 3 aromatic carbocycles. The van der Waals surface area contributed by atoms with Gasteiger partial charge in [0.25, 0.3) is 5.91 Å². The first-order chi connectivity index (χ1) is 13.7. The molecule has 0 aromatic heterocycles. The van der Waals surface area contributed by atoms with E-state index >= 15 is 0 Å². The first-order valence-corrected chi connectivity index (χ1v) is 10.2. The Balaban J connectivity index is 1.54. The molecule has 2 amide bonds. The van der Waals surface area contributed by atoms with Gasteiger partial charge in [-0.25, -0.2) is 0 Å². The number of para-hydroxylation sites is 1. The predicted octanol–water partition coefficient (Wildman–Crippen LogP) is 4.49. The number of thioether (sulfide) groups is 1. The minimum atomic E-state index is -0.211. The van der Waals surface area contributed by atoms with Gasteiger partial charge >= 0.3 is 0 Å². The molecule has 2 N–H and O–H groups in total. The summed E-state index contributed by atoms with van der Waals surface area (Å²) in [5, 5.41) is 5.75. The van der Waals surface area contributed by atoms with Gasteiger partial charge in [-0.1, -0.05) is 72.8 Å². The highest BCUT2D eigenvalue weighted by atomic mass is 32.2. The lowest BCUT2D eigenvalue weighted by Gasteiger charge is -2.11. The summed E-state index contributed by atoms with van der Waals surface area (Å²) in [6.07, 6.45) is 0. The summed E-state index contributed by atoms with van der Waals surface area (Å²) in [6.45, 7) is 0.439. The van der Waals surface area contributed by atoms with E-state index in [1.165, 1.54) is 5.56 Å². The normalized spacial score (nSPS) is 10.3. The van der Waals surface area contributed by atoms with Crippen LogP contribution in [0.2, 0.25) is 0 Å². The number of benzene rings is 3. The van der Waals surface area contributed by atoms with Crippen molar-refractivity contribution in [3.8, 4) is 0 Å². The number of amides is 2. The Hall–Kier alpha value is -3.05. The van der Waals surface area contributed by atoms with Crippen LogP contribution in [-0.4, -0.2) is 17.6 Å². The molecule has 0 atom stereocenters. The zero-order valence-electron chi connectivity index (χ0n) is 15.4. The summed E-state index contributed by atoms with van der Waals surface area (Å²) in [4.78, 5) is 24.8. The quantitative estimate of drug-likeness (QED) is 0.596. The lowest BCUT2D eigenvalue weighted by atomic mass is 10.1. The van der Waals surface area contributed by atoms with Crippen LogP contribution in [-0.2, 0) is 17.1 Å². The Bertz CT molecular complexity index is 914. The standard InChI is InChI=1S/C23H22N2O2S/c26-22(17-28-16-19-11-5-2-6-12-19)25-21-14-8-7-13-20(21)23(27)24-15-18-9-3-1-4-10-18/h1-14H,15-17H2,(H,24,27)(H,25,26). The van der Waals surface area contributed by atoms with Gasteiger partial charge in [0.2, 0.25) is 5.91 Å². The van der Waals surface area contributed by atoms with E-state index in [0.29, 0.717) is 23.5 Å². The zero-order chi connectivity index (χ0) is 19.6. The van der Waals surface area contributed by atoms with Crippen LogP contribution in [0.4, 0.5) is 5.69 Å². The van der Waals surface area contributed by atoms with Crippen molar-refractivity contribution < 1.29 is 9.59 Å². The highest BCUT2D eigenvalue weighted by Gasteiger charge is 2.13. The first-order valence-electron chi connectivity index (χ1n) is 9.05. The Morgan fingerprint density at radius 1 is 0.750 bits per heavy atom. The molecule has 0 heterocycles. The van der Waals surface area contributed by atoms with E-state index in [0.717, 1.165) is 11.3 Å². The lowest BCUT2D eigenvalue weighted by molar-refractivity contribution is -0.113. The maximum absolute atomic E-state index is 12.6. The van der Waals surface area contributed by atoms with Gasteiger partial charge in [-0.2, -0.15) is 0 Å². The summed E-state index contributed by atoms with van der Waals surface area (Å²) < 4.78 is 0. The molecular weight excluding hydrogens is 368 g/mol. The molecule has 0 bridgehead atoms. The van der Waals surface area contributed by atoms with Gasteiger partial charge in [-0.15, -0.1) is 11.8 Å². The van der Waals surface area contributed by atoms with Crippen LogP contribution in [0.25, 0.3) is 0 Å². The molecule has 3 aromatic rings. The Kier molecular flexibility index (Phi) is 7.27. The largest absolute Gasteiger partial charge is 0.348 e. The SMILES string of the molecule is O=C(CSCc1ccccc1)Nc1ccccc1C(=O)NCc1ccccc1. The van der Waals surface area contributed by atoms with Gasteiger partial charge in [-0.05, 0) is 23.3 Å². The Morgan fingerprint density at radius 2 is 1.36 bits per heavy atom.